The molecule has 1 N–H and O–H groups in total. The largest absolute Gasteiger partial charge is 0.336 e. The van der Waals surface area contributed by atoms with Crippen LogP contribution in [0.25, 0.3) is 0 Å². The van der Waals surface area contributed by atoms with Crippen molar-refractivity contribution in [2.75, 3.05) is 33.2 Å². The van der Waals surface area contributed by atoms with Crippen molar-refractivity contribution in [1.29, 1.82) is 0 Å². The van der Waals surface area contributed by atoms with Crippen molar-refractivity contribution in [3.63, 3.8) is 0 Å². The first-order valence-electron chi connectivity index (χ1n) is 9.52. The summed E-state index contributed by atoms with van der Waals surface area (Å²) < 4.78 is 0. The number of benzene rings is 1. The molecule has 0 spiro atoms. The molecule has 132 valence electrons. The molecule has 0 unspecified atom stereocenters. The van der Waals surface area contributed by atoms with Crippen LogP contribution in [0.3, 0.4) is 0 Å². The Bertz CT molecular complexity index is 512. The lowest BCUT2D eigenvalue weighted by Gasteiger charge is -2.32. The van der Waals surface area contributed by atoms with Crippen molar-refractivity contribution in [2.45, 2.75) is 51.1 Å². The topological polar surface area (TPSA) is 35.6 Å². The summed E-state index contributed by atoms with van der Waals surface area (Å²) >= 11 is 0. The molecule has 24 heavy (non-hydrogen) atoms. The van der Waals surface area contributed by atoms with Gasteiger partial charge in [-0.15, -0.1) is 0 Å². The molecule has 1 amide bonds. The average Bonchev–Trinajstić information content (AvgIpc) is 2.89. The molecule has 4 nitrogen and oxygen atoms in total. The summed E-state index contributed by atoms with van der Waals surface area (Å²) in [5, 5.41) is 3.69. The van der Waals surface area contributed by atoms with E-state index in [0.717, 1.165) is 38.3 Å². The van der Waals surface area contributed by atoms with Gasteiger partial charge in [0, 0.05) is 44.3 Å². The highest BCUT2D eigenvalue weighted by atomic mass is 16.2. The van der Waals surface area contributed by atoms with Gasteiger partial charge >= 0.3 is 0 Å². The van der Waals surface area contributed by atoms with E-state index in [9.17, 15) is 4.79 Å². The van der Waals surface area contributed by atoms with Gasteiger partial charge in [0.15, 0.2) is 0 Å². The summed E-state index contributed by atoms with van der Waals surface area (Å²) in [5.41, 5.74) is 2.09. The minimum atomic E-state index is 0.173. The molecule has 2 fully saturated rings. The number of rotatable bonds is 4. The zero-order valence-electron chi connectivity index (χ0n) is 15.0. The monoisotopic (exact) mass is 329 g/mol. The lowest BCUT2D eigenvalue weighted by molar-refractivity contribution is 0.0664. The second-order valence-electron chi connectivity index (χ2n) is 7.36. The Balaban J connectivity index is 1.50. The van der Waals surface area contributed by atoms with Crippen LogP contribution in [0.2, 0.25) is 0 Å². The molecule has 3 rings (SSSR count). The number of hydrogen-bond acceptors (Lipinski definition) is 3. The number of amides is 1. The Morgan fingerprint density at radius 1 is 1.00 bits per heavy atom. The Morgan fingerprint density at radius 3 is 2.25 bits per heavy atom. The minimum Gasteiger partial charge on any atom is -0.336 e. The molecule has 1 heterocycles. The fourth-order valence-corrected chi connectivity index (χ4v) is 3.70. The number of nitrogens with zero attached hydrogens (tertiary/aromatic N) is 2. The highest BCUT2D eigenvalue weighted by molar-refractivity contribution is 5.94. The van der Waals surface area contributed by atoms with E-state index < -0.39 is 0 Å². The maximum absolute atomic E-state index is 12.6. The molecule has 0 atom stereocenters. The molecule has 1 aromatic rings. The van der Waals surface area contributed by atoms with Crippen LogP contribution in [0.1, 0.15) is 54.4 Å². The van der Waals surface area contributed by atoms with Gasteiger partial charge in [-0.2, -0.15) is 0 Å². The van der Waals surface area contributed by atoms with E-state index in [1.165, 1.54) is 44.1 Å². The zero-order valence-corrected chi connectivity index (χ0v) is 15.0. The molecule has 0 aromatic heterocycles. The van der Waals surface area contributed by atoms with Crippen molar-refractivity contribution in [1.82, 2.24) is 15.1 Å². The van der Waals surface area contributed by atoms with Gasteiger partial charge in [0.2, 0.25) is 0 Å². The summed E-state index contributed by atoms with van der Waals surface area (Å²) in [6.07, 6.45) is 8.11. The zero-order chi connectivity index (χ0) is 16.8. The van der Waals surface area contributed by atoms with Crippen LogP contribution in [-0.2, 0) is 6.54 Å². The fourth-order valence-electron chi connectivity index (χ4n) is 3.70. The SMILES string of the molecule is CN1CCN(C(=O)c2ccc(CNC3CCCCCC3)cc2)CC1. The molecular formula is C20H31N3O. The Morgan fingerprint density at radius 2 is 1.62 bits per heavy atom. The molecule has 2 aliphatic rings. The van der Waals surface area contributed by atoms with Crippen LogP contribution in [-0.4, -0.2) is 55.0 Å². The summed E-state index contributed by atoms with van der Waals surface area (Å²) in [4.78, 5) is 16.8. The van der Waals surface area contributed by atoms with E-state index >= 15 is 0 Å². The van der Waals surface area contributed by atoms with Crippen LogP contribution in [0, 0.1) is 0 Å². The molecule has 1 aromatic carbocycles. The van der Waals surface area contributed by atoms with Crippen LogP contribution in [0.4, 0.5) is 0 Å². The second kappa shape index (κ2) is 8.63. The molecule has 4 heteroatoms. The standard InChI is InChI=1S/C20H31N3O/c1-22-12-14-23(15-13-22)20(24)18-10-8-17(9-11-18)16-21-19-6-4-2-3-5-7-19/h8-11,19,21H,2-7,12-16H2,1H3. The first-order valence-corrected chi connectivity index (χ1v) is 9.52. The number of carbonyl (C=O) groups is 1. The minimum absolute atomic E-state index is 0.173. The summed E-state index contributed by atoms with van der Waals surface area (Å²) in [7, 11) is 2.11. The number of piperazine rings is 1. The quantitative estimate of drug-likeness (QED) is 0.863. The number of nitrogens with one attached hydrogen (secondary N) is 1. The van der Waals surface area contributed by atoms with Crippen molar-refractivity contribution in [2.24, 2.45) is 0 Å². The summed E-state index contributed by atoms with van der Waals surface area (Å²) in [6.45, 7) is 4.51. The number of likely N-dealkylation sites (N-methyl/N-ethyl adjacent to an activating group) is 1. The number of carbonyl (C=O) groups excluding carboxylic acids is 1. The third-order valence-electron chi connectivity index (χ3n) is 5.44. The molecule has 1 saturated carbocycles. The van der Waals surface area contributed by atoms with Crippen molar-refractivity contribution < 1.29 is 4.79 Å². The number of hydrogen-bond donors (Lipinski definition) is 1. The average molecular weight is 329 g/mol. The van der Waals surface area contributed by atoms with Gasteiger partial charge in [0.25, 0.3) is 5.91 Å². The van der Waals surface area contributed by atoms with Gasteiger partial charge in [0.05, 0.1) is 0 Å². The second-order valence-corrected chi connectivity index (χ2v) is 7.36. The van der Waals surface area contributed by atoms with Crippen LogP contribution in [0.5, 0.6) is 0 Å². The van der Waals surface area contributed by atoms with Gasteiger partial charge in [-0.05, 0) is 37.6 Å². The van der Waals surface area contributed by atoms with Crippen molar-refractivity contribution in [3.05, 3.63) is 35.4 Å². The van der Waals surface area contributed by atoms with Crippen LogP contribution >= 0.6 is 0 Å². The molecule has 1 saturated heterocycles. The van der Waals surface area contributed by atoms with E-state index in [0.29, 0.717) is 6.04 Å². The Kier molecular flexibility index (Phi) is 6.27. The van der Waals surface area contributed by atoms with E-state index in [1.54, 1.807) is 0 Å². The van der Waals surface area contributed by atoms with Crippen LogP contribution in [0.15, 0.2) is 24.3 Å². The highest BCUT2D eigenvalue weighted by Gasteiger charge is 2.20. The normalized spacial score (nSPS) is 20.8. The molecule has 1 aliphatic heterocycles. The Labute approximate surface area is 146 Å². The van der Waals surface area contributed by atoms with Gasteiger partial charge in [-0.3, -0.25) is 4.79 Å². The predicted octanol–water partition coefficient (Wildman–Crippen LogP) is 2.89. The maximum Gasteiger partial charge on any atom is 0.253 e. The van der Waals surface area contributed by atoms with E-state index in [2.05, 4.69) is 29.4 Å². The molecule has 0 bridgehead atoms. The first-order chi connectivity index (χ1) is 11.7. The first kappa shape index (κ1) is 17.4. The van der Waals surface area contributed by atoms with E-state index in [4.69, 9.17) is 0 Å². The fraction of sp³-hybridized carbons (Fsp3) is 0.650. The third kappa shape index (κ3) is 4.81. The van der Waals surface area contributed by atoms with Gasteiger partial charge in [-0.1, -0.05) is 37.8 Å². The van der Waals surface area contributed by atoms with E-state index in [-0.39, 0.29) is 5.91 Å². The lowest BCUT2D eigenvalue weighted by atomic mass is 10.1. The third-order valence-corrected chi connectivity index (χ3v) is 5.44. The van der Waals surface area contributed by atoms with Crippen molar-refractivity contribution in [3.8, 4) is 0 Å². The molecule has 0 radical (unpaired) electrons. The summed E-state index contributed by atoms with van der Waals surface area (Å²) in [5.74, 6) is 0.173. The summed E-state index contributed by atoms with van der Waals surface area (Å²) in [6, 6.07) is 8.86. The van der Waals surface area contributed by atoms with Gasteiger partial charge in [0.1, 0.15) is 0 Å². The van der Waals surface area contributed by atoms with E-state index in [1.807, 2.05) is 17.0 Å². The highest BCUT2D eigenvalue weighted by Crippen LogP contribution is 2.18. The molecule has 1 aliphatic carbocycles. The maximum atomic E-state index is 12.6. The van der Waals surface area contributed by atoms with Gasteiger partial charge in [-0.25, -0.2) is 0 Å². The Hall–Kier alpha value is -1.39. The lowest BCUT2D eigenvalue weighted by Crippen LogP contribution is -2.47. The predicted molar refractivity (Wildman–Crippen MR) is 98.2 cm³/mol. The smallest absolute Gasteiger partial charge is 0.253 e. The molecular weight excluding hydrogens is 298 g/mol. The van der Waals surface area contributed by atoms with Crippen LogP contribution < -0.4 is 5.32 Å². The van der Waals surface area contributed by atoms with Crippen molar-refractivity contribution >= 4 is 5.91 Å². The van der Waals surface area contributed by atoms with Gasteiger partial charge < -0.3 is 15.1 Å².